The first-order valence-electron chi connectivity index (χ1n) is 7.25. The maximum Gasteiger partial charge on any atom is 0.421 e. The van der Waals surface area contributed by atoms with Crippen LogP contribution in [0.15, 0.2) is 47.4 Å². The quantitative estimate of drug-likeness (QED) is 0.553. The number of carbonyl (C=O) groups is 1. The van der Waals surface area contributed by atoms with Gasteiger partial charge in [0.25, 0.3) is 21.4 Å². The Balaban J connectivity index is 2.16. The van der Waals surface area contributed by atoms with Crippen LogP contribution in [-0.4, -0.2) is 24.4 Å². The number of nitro benzene ring substituents is 2. The molecule has 13 heteroatoms. The topological polar surface area (TPSA) is 183 Å². The molecule has 0 atom stereocenters. The molecule has 1 amide bonds. The Morgan fingerprint density at radius 2 is 1.75 bits per heavy atom. The Labute approximate surface area is 157 Å². The molecule has 0 heterocycles. The van der Waals surface area contributed by atoms with Gasteiger partial charge in [0.1, 0.15) is 6.61 Å². The highest BCUT2D eigenvalue weighted by atomic mass is 32.2. The minimum atomic E-state index is -4.72. The van der Waals surface area contributed by atoms with Crippen molar-refractivity contribution in [1.29, 1.82) is 5.26 Å². The molecule has 28 heavy (non-hydrogen) atoms. The van der Waals surface area contributed by atoms with E-state index in [1.54, 1.807) is 0 Å². The highest BCUT2D eigenvalue weighted by molar-refractivity contribution is 7.90. The minimum absolute atomic E-state index is 0.324. The summed E-state index contributed by atoms with van der Waals surface area (Å²) in [7, 11) is -4.72. The molecule has 0 aliphatic carbocycles. The van der Waals surface area contributed by atoms with Crippen molar-refractivity contribution in [3.8, 4) is 6.07 Å². The second-order valence-electron chi connectivity index (χ2n) is 5.16. The van der Waals surface area contributed by atoms with Crippen LogP contribution in [0.1, 0.15) is 11.1 Å². The summed E-state index contributed by atoms with van der Waals surface area (Å²) in [4.78, 5) is 30.5. The largest absolute Gasteiger partial charge is 0.444 e. The van der Waals surface area contributed by atoms with E-state index in [9.17, 15) is 33.4 Å². The maximum absolute atomic E-state index is 12.2. The molecule has 0 aliphatic heterocycles. The first-order valence-corrected chi connectivity index (χ1v) is 8.74. The Bertz CT molecular complexity index is 1090. The van der Waals surface area contributed by atoms with Crippen LogP contribution in [-0.2, 0) is 21.4 Å². The van der Waals surface area contributed by atoms with E-state index in [0.29, 0.717) is 23.3 Å². The number of carbonyl (C=O) groups excluding carboxylic acids is 1. The molecule has 0 saturated heterocycles. The Kier molecular flexibility index (Phi) is 5.86. The molecule has 0 spiro atoms. The molecule has 0 fully saturated rings. The van der Waals surface area contributed by atoms with Crippen molar-refractivity contribution >= 4 is 27.5 Å². The van der Waals surface area contributed by atoms with E-state index in [2.05, 4.69) is 0 Å². The number of hydrogen-bond donors (Lipinski definition) is 1. The lowest BCUT2D eigenvalue weighted by Gasteiger charge is -2.08. The summed E-state index contributed by atoms with van der Waals surface area (Å²) < 4.78 is 30.7. The molecule has 144 valence electrons. The Morgan fingerprint density at radius 1 is 1.11 bits per heavy atom. The minimum Gasteiger partial charge on any atom is -0.444 e. The number of ether oxygens (including phenoxy) is 1. The lowest BCUT2D eigenvalue weighted by molar-refractivity contribution is -0.396. The van der Waals surface area contributed by atoms with E-state index < -0.39 is 42.2 Å². The average Bonchev–Trinajstić information content (AvgIpc) is 2.65. The van der Waals surface area contributed by atoms with E-state index in [0.717, 1.165) is 6.07 Å². The van der Waals surface area contributed by atoms with E-state index in [1.165, 1.54) is 29.0 Å². The standard InChI is InChI=1S/C15H10N4O8S/c16-8-10-1-3-11(4-2-10)9-27-15(20)17-28(25,26)14-6-5-12(18(21)22)7-13(14)19(23)24/h1-7H,9H2,(H,17,20). The van der Waals surface area contributed by atoms with Gasteiger partial charge >= 0.3 is 6.09 Å². The normalized spacial score (nSPS) is 10.5. The predicted molar refractivity (Wildman–Crippen MR) is 91.4 cm³/mol. The van der Waals surface area contributed by atoms with Gasteiger partial charge in [-0.1, -0.05) is 12.1 Å². The van der Waals surface area contributed by atoms with Gasteiger partial charge in [-0.3, -0.25) is 20.2 Å². The third-order valence-electron chi connectivity index (χ3n) is 3.31. The molecule has 0 bridgehead atoms. The van der Waals surface area contributed by atoms with Gasteiger partial charge in [0.15, 0.2) is 4.90 Å². The number of hydrogen-bond acceptors (Lipinski definition) is 9. The lowest BCUT2D eigenvalue weighted by atomic mass is 10.2. The lowest BCUT2D eigenvalue weighted by Crippen LogP contribution is -2.31. The summed E-state index contributed by atoms with van der Waals surface area (Å²) in [5.41, 5.74) is -0.912. The zero-order valence-electron chi connectivity index (χ0n) is 13.8. The van der Waals surface area contributed by atoms with Crippen LogP contribution < -0.4 is 4.72 Å². The monoisotopic (exact) mass is 406 g/mol. The van der Waals surface area contributed by atoms with Crippen molar-refractivity contribution in [2.75, 3.05) is 0 Å². The number of nitrogens with zero attached hydrogens (tertiary/aromatic N) is 3. The number of non-ortho nitro benzene ring substituents is 1. The number of amides is 1. The van der Waals surface area contributed by atoms with Crippen molar-refractivity contribution in [3.05, 3.63) is 73.8 Å². The molecule has 2 rings (SSSR count). The Hall–Kier alpha value is -4.05. The van der Waals surface area contributed by atoms with Gasteiger partial charge in [-0.05, 0) is 23.8 Å². The van der Waals surface area contributed by atoms with Crippen molar-refractivity contribution in [2.45, 2.75) is 11.5 Å². The van der Waals surface area contributed by atoms with Gasteiger partial charge in [0, 0.05) is 6.07 Å². The number of rotatable bonds is 6. The number of nitro groups is 2. The second-order valence-corrected chi connectivity index (χ2v) is 6.81. The summed E-state index contributed by atoms with van der Waals surface area (Å²) >= 11 is 0. The third-order valence-corrected chi connectivity index (χ3v) is 4.67. The first-order chi connectivity index (χ1) is 13.1. The van der Waals surface area contributed by atoms with E-state index in [4.69, 9.17) is 10.00 Å². The van der Waals surface area contributed by atoms with Gasteiger partial charge < -0.3 is 4.74 Å². The first kappa shape index (κ1) is 20.3. The van der Waals surface area contributed by atoms with Crippen molar-refractivity contribution < 1.29 is 27.8 Å². The van der Waals surface area contributed by atoms with E-state index in [-0.39, 0.29) is 6.61 Å². The molecule has 0 radical (unpaired) electrons. The highest BCUT2D eigenvalue weighted by Gasteiger charge is 2.30. The van der Waals surface area contributed by atoms with Crippen LogP contribution in [0.25, 0.3) is 0 Å². The average molecular weight is 406 g/mol. The van der Waals surface area contributed by atoms with Crippen LogP contribution in [0.2, 0.25) is 0 Å². The van der Waals surface area contributed by atoms with Crippen LogP contribution in [0, 0.1) is 31.6 Å². The smallest absolute Gasteiger partial charge is 0.421 e. The van der Waals surface area contributed by atoms with E-state index >= 15 is 0 Å². The van der Waals surface area contributed by atoms with Gasteiger partial charge in [0.05, 0.1) is 27.5 Å². The van der Waals surface area contributed by atoms with Crippen LogP contribution in [0.3, 0.4) is 0 Å². The molecular weight excluding hydrogens is 396 g/mol. The molecule has 1 N–H and O–H groups in total. The SMILES string of the molecule is N#Cc1ccc(COC(=O)NS(=O)(=O)c2ccc([N+](=O)[O-])cc2[N+](=O)[O-])cc1. The highest BCUT2D eigenvalue weighted by Crippen LogP contribution is 2.28. The second kappa shape index (κ2) is 8.10. The predicted octanol–water partition coefficient (Wildman–Crippen LogP) is 1.99. The van der Waals surface area contributed by atoms with Crippen LogP contribution >= 0.6 is 0 Å². The van der Waals surface area contributed by atoms with Crippen molar-refractivity contribution in [2.24, 2.45) is 0 Å². The fourth-order valence-corrected chi connectivity index (χ4v) is 3.05. The molecule has 0 aromatic heterocycles. The number of nitrogens with one attached hydrogen (secondary N) is 1. The van der Waals surface area contributed by atoms with E-state index in [1.807, 2.05) is 6.07 Å². The summed E-state index contributed by atoms with van der Waals surface area (Å²) in [5.74, 6) is 0. The van der Waals surface area contributed by atoms with Crippen molar-refractivity contribution in [3.63, 3.8) is 0 Å². The molecular formula is C15H10N4O8S. The van der Waals surface area contributed by atoms with Crippen molar-refractivity contribution in [1.82, 2.24) is 4.72 Å². The fourth-order valence-electron chi connectivity index (χ4n) is 2.01. The fraction of sp³-hybridized carbons (Fsp3) is 0.0667. The zero-order chi connectivity index (χ0) is 20.9. The summed E-state index contributed by atoms with van der Waals surface area (Å²) in [5, 5.41) is 30.4. The molecule has 0 saturated carbocycles. The number of sulfonamides is 1. The molecule has 2 aromatic rings. The maximum atomic E-state index is 12.2. The third kappa shape index (κ3) is 4.77. The summed E-state index contributed by atoms with van der Waals surface area (Å²) in [6.07, 6.45) is -1.41. The van der Waals surface area contributed by atoms with Gasteiger partial charge in [0.2, 0.25) is 0 Å². The molecule has 12 nitrogen and oxygen atoms in total. The molecule has 0 unspecified atom stereocenters. The molecule has 0 aliphatic rings. The van der Waals surface area contributed by atoms with Gasteiger partial charge in [-0.2, -0.15) is 5.26 Å². The van der Waals surface area contributed by atoms with Gasteiger partial charge in [-0.25, -0.2) is 17.9 Å². The van der Waals surface area contributed by atoms with Crippen LogP contribution in [0.5, 0.6) is 0 Å². The summed E-state index contributed by atoms with van der Waals surface area (Å²) in [6.45, 7) is -0.324. The Morgan fingerprint density at radius 3 is 2.29 bits per heavy atom. The molecule has 2 aromatic carbocycles. The van der Waals surface area contributed by atoms with Crippen LogP contribution in [0.4, 0.5) is 16.2 Å². The zero-order valence-corrected chi connectivity index (χ0v) is 14.6. The number of benzene rings is 2. The van der Waals surface area contributed by atoms with Gasteiger partial charge in [-0.15, -0.1) is 0 Å². The number of nitriles is 1. The summed E-state index contributed by atoms with van der Waals surface area (Å²) in [6, 6.07) is 9.67.